The Morgan fingerprint density at radius 1 is 1.18 bits per heavy atom. The largest absolute Gasteiger partial charge is 0.381 e. The third-order valence-electron chi connectivity index (χ3n) is 5.97. The van der Waals surface area contributed by atoms with E-state index < -0.39 is 17.5 Å². The molecule has 0 fully saturated rings. The summed E-state index contributed by atoms with van der Waals surface area (Å²) in [5, 5.41) is 15.2. The van der Waals surface area contributed by atoms with Crippen molar-refractivity contribution in [1.82, 2.24) is 44.4 Å². The zero-order chi connectivity index (χ0) is 27.1. The van der Waals surface area contributed by atoms with Crippen LogP contribution < -0.4 is 16.6 Å². The van der Waals surface area contributed by atoms with Crippen molar-refractivity contribution in [2.24, 2.45) is 7.05 Å². The number of aryl methyl sites for hydroxylation is 1. The first-order valence-electron chi connectivity index (χ1n) is 11.8. The van der Waals surface area contributed by atoms with Gasteiger partial charge in [-0.15, -0.1) is 5.10 Å². The smallest absolute Gasteiger partial charge is 0.272 e. The summed E-state index contributed by atoms with van der Waals surface area (Å²) in [5.41, 5.74) is 7.32. The lowest BCUT2D eigenvalue weighted by Gasteiger charge is -2.18. The Bertz CT molecular complexity index is 1990. The number of nitrogen functional groups attached to an aromatic ring is 1. The van der Waals surface area contributed by atoms with E-state index >= 15 is 0 Å². The molecule has 13 heteroatoms. The SMILES string of the molecule is C[C@H](NC(=O)c1c(N)nn2cccnc12)c1nc2onc(C#Cc3cnn(C)c3)c2c(=O)n1-c1ccccc1. The number of aromatic nitrogens is 8. The fourth-order valence-electron chi connectivity index (χ4n) is 4.19. The van der Waals surface area contributed by atoms with Crippen LogP contribution in [0.15, 0.2) is 70.5 Å². The number of carbonyl (C=O) groups excluding carboxylic acids is 1. The molecule has 0 spiro atoms. The maximum absolute atomic E-state index is 13.9. The summed E-state index contributed by atoms with van der Waals surface area (Å²) >= 11 is 0. The number of nitrogens with two attached hydrogens (primary N) is 1. The van der Waals surface area contributed by atoms with Gasteiger partial charge in [-0.3, -0.25) is 18.8 Å². The average Bonchev–Trinajstić information content (AvgIpc) is 3.63. The highest BCUT2D eigenvalue weighted by molar-refractivity contribution is 6.04. The summed E-state index contributed by atoms with van der Waals surface area (Å²) in [5.74, 6) is 5.53. The van der Waals surface area contributed by atoms with Crippen LogP contribution in [0.4, 0.5) is 5.82 Å². The van der Waals surface area contributed by atoms with E-state index in [0.717, 1.165) is 0 Å². The van der Waals surface area contributed by atoms with Crippen LogP contribution in [-0.2, 0) is 7.05 Å². The molecule has 5 heterocycles. The molecular formula is C26H20N10O3. The molecule has 0 aliphatic rings. The van der Waals surface area contributed by atoms with Gasteiger partial charge in [0.2, 0.25) is 0 Å². The van der Waals surface area contributed by atoms with Crippen LogP contribution >= 0.6 is 0 Å². The molecule has 0 radical (unpaired) electrons. The van der Waals surface area contributed by atoms with Gasteiger partial charge in [0.05, 0.1) is 23.5 Å². The number of hydrogen-bond donors (Lipinski definition) is 2. The number of nitrogens with zero attached hydrogens (tertiary/aromatic N) is 8. The first-order valence-corrected chi connectivity index (χ1v) is 11.8. The number of rotatable bonds is 4. The minimum absolute atomic E-state index is 0.00377. The summed E-state index contributed by atoms with van der Waals surface area (Å²) in [4.78, 5) is 36.0. The number of hydrogen-bond acceptors (Lipinski definition) is 9. The van der Waals surface area contributed by atoms with Crippen molar-refractivity contribution in [2.75, 3.05) is 5.73 Å². The van der Waals surface area contributed by atoms with Crippen LogP contribution in [0.5, 0.6) is 0 Å². The van der Waals surface area contributed by atoms with Gasteiger partial charge in [0.1, 0.15) is 16.8 Å². The van der Waals surface area contributed by atoms with Crippen LogP contribution in [-0.4, -0.2) is 45.0 Å². The van der Waals surface area contributed by atoms with E-state index in [-0.39, 0.29) is 34.0 Å². The minimum Gasteiger partial charge on any atom is -0.381 e. The first kappa shape index (κ1) is 23.6. The highest BCUT2D eigenvalue weighted by Gasteiger charge is 2.26. The summed E-state index contributed by atoms with van der Waals surface area (Å²) < 4.78 is 9.84. The van der Waals surface area contributed by atoms with Crippen LogP contribution in [0, 0.1) is 11.8 Å². The van der Waals surface area contributed by atoms with E-state index in [9.17, 15) is 9.59 Å². The molecule has 3 N–H and O–H groups in total. The lowest BCUT2D eigenvalue weighted by molar-refractivity contribution is 0.0940. The number of fused-ring (bicyclic) bond motifs is 2. The third-order valence-corrected chi connectivity index (χ3v) is 5.97. The van der Waals surface area contributed by atoms with Crippen molar-refractivity contribution < 1.29 is 9.32 Å². The minimum atomic E-state index is -0.761. The molecule has 6 rings (SSSR count). The van der Waals surface area contributed by atoms with E-state index in [0.29, 0.717) is 16.9 Å². The first-order chi connectivity index (χ1) is 18.9. The highest BCUT2D eigenvalue weighted by Crippen LogP contribution is 2.22. The highest BCUT2D eigenvalue weighted by atomic mass is 16.5. The van der Waals surface area contributed by atoms with Crippen LogP contribution in [0.25, 0.3) is 22.4 Å². The molecule has 1 atom stereocenters. The Morgan fingerprint density at radius 2 is 2.00 bits per heavy atom. The summed E-state index contributed by atoms with van der Waals surface area (Å²) in [6.45, 7) is 1.69. The Morgan fingerprint density at radius 3 is 2.77 bits per heavy atom. The lowest BCUT2D eigenvalue weighted by atomic mass is 10.2. The molecule has 13 nitrogen and oxygen atoms in total. The quantitative estimate of drug-likeness (QED) is 0.329. The van der Waals surface area contributed by atoms with E-state index in [1.54, 1.807) is 67.6 Å². The second-order valence-electron chi connectivity index (χ2n) is 8.65. The van der Waals surface area contributed by atoms with E-state index in [1.165, 1.54) is 15.3 Å². The monoisotopic (exact) mass is 520 g/mol. The predicted octanol–water partition coefficient (Wildman–Crippen LogP) is 1.62. The molecule has 0 saturated heterocycles. The summed E-state index contributed by atoms with van der Waals surface area (Å²) in [6, 6.07) is 9.85. The number of para-hydroxylation sites is 1. The van der Waals surface area contributed by atoms with Crippen molar-refractivity contribution in [3.05, 3.63) is 94.2 Å². The van der Waals surface area contributed by atoms with Crippen molar-refractivity contribution >= 4 is 28.5 Å². The number of carbonyl (C=O) groups is 1. The van der Waals surface area contributed by atoms with Crippen LogP contribution in [0.2, 0.25) is 0 Å². The van der Waals surface area contributed by atoms with Crippen LogP contribution in [0.3, 0.4) is 0 Å². The van der Waals surface area contributed by atoms with E-state index in [2.05, 4.69) is 42.5 Å². The van der Waals surface area contributed by atoms with Gasteiger partial charge in [0.25, 0.3) is 17.2 Å². The second-order valence-corrected chi connectivity index (χ2v) is 8.65. The Kier molecular flexibility index (Phi) is 5.61. The number of nitrogens with one attached hydrogen (secondary N) is 1. The van der Waals surface area contributed by atoms with Crippen molar-refractivity contribution in [3.63, 3.8) is 0 Å². The molecule has 0 unspecified atom stereocenters. The predicted molar refractivity (Wildman–Crippen MR) is 140 cm³/mol. The molecule has 192 valence electrons. The molecule has 0 bridgehead atoms. The molecule has 0 aliphatic carbocycles. The summed E-state index contributed by atoms with van der Waals surface area (Å²) in [7, 11) is 1.78. The standard InChI is InChI=1S/C26H20N10O3/c1-15(30-24(37)20-21(27)32-35-12-6-11-28-23(20)35)22-31-25-19(26(38)36(22)17-7-4-3-5-8-17)18(33-39-25)10-9-16-13-29-34(2)14-16/h3-8,11-15H,1-2H3,(H2,27,32)(H,30,37)/t15-/m0/s1. The van der Waals surface area contributed by atoms with Gasteiger partial charge in [0.15, 0.2) is 17.2 Å². The Balaban J connectivity index is 1.45. The van der Waals surface area contributed by atoms with Gasteiger partial charge in [0, 0.05) is 25.6 Å². The fourth-order valence-corrected chi connectivity index (χ4v) is 4.19. The normalized spacial score (nSPS) is 11.8. The summed E-state index contributed by atoms with van der Waals surface area (Å²) in [6.07, 6.45) is 6.52. The molecule has 6 aromatic rings. The van der Waals surface area contributed by atoms with Gasteiger partial charge >= 0.3 is 0 Å². The van der Waals surface area contributed by atoms with Crippen molar-refractivity contribution in [1.29, 1.82) is 0 Å². The number of anilines is 1. The average molecular weight is 521 g/mol. The Labute approximate surface area is 219 Å². The van der Waals surface area contributed by atoms with Gasteiger partial charge < -0.3 is 15.6 Å². The Hall–Kier alpha value is -5.77. The van der Waals surface area contributed by atoms with Crippen molar-refractivity contribution in [2.45, 2.75) is 13.0 Å². The molecule has 0 aliphatic heterocycles. The molecule has 0 saturated carbocycles. The number of amides is 1. The van der Waals surface area contributed by atoms with Gasteiger partial charge in [-0.2, -0.15) is 10.1 Å². The zero-order valence-electron chi connectivity index (χ0n) is 20.7. The van der Waals surface area contributed by atoms with E-state index in [1.807, 2.05) is 6.07 Å². The molecule has 39 heavy (non-hydrogen) atoms. The maximum atomic E-state index is 13.9. The fraction of sp³-hybridized carbons (Fsp3) is 0.115. The van der Waals surface area contributed by atoms with E-state index in [4.69, 9.17) is 10.3 Å². The second kappa shape index (κ2) is 9.27. The van der Waals surface area contributed by atoms with Gasteiger partial charge in [-0.25, -0.2) is 9.50 Å². The third kappa shape index (κ3) is 4.15. The molecule has 5 aromatic heterocycles. The van der Waals surface area contributed by atoms with Crippen molar-refractivity contribution in [3.8, 4) is 17.5 Å². The lowest BCUT2D eigenvalue weighted by Crippen LogP contribution is -2.33. The van der Waals surface area contributed by atoms with Crippen LogP contribution in [0.1, 0.15) is 40.4 Å². The van der Waals surface area contributed by atoms with Gasteiger partial charge in [-0.05, 0) is 31.0 Å². The molecule has 1 amide bonds. The molecular weight excluding hydrogens is 500 g/mol. The number of benzene rings is 1. The van der Waals surface area contributed by atoms with Gasteiger partial charge in [-0.1, -0.05) is 29.3 Å². The zero-order valence-corrected chi connectivity index (χ0v) is 20.7. The topological polar surface area (TPSA) is 164 Å². The maximum Gasteiger partial charge on any atom is 0.272 e. The molecule has 1 aromatic carbocycles.